The van der Waals surface area contributed by atoms with Crippen LogP contribution in [0, 0.1) is 0 Å². The second-order valence-electron chi connectivity index (χ2n) is 22.2. The van der Waals surface area contributed by atoms with Crippen LogP contribution >= 0.6 is 0 Å². The molecule has 1 rings (SSSR count). The number of nitrogens with one attached hydrogen (secondary N) is 1. The van der Waals surface area contributed by atoms with Crippen molar-refractivity contribution in [2.45, 2.75) is 320 Å². The number of amides is 1. The second-order valence-corrected chi connectivity index (χ2v) is 22.2. The second kappa shape index (κ2) is 55.4. The SMILES string of the molecule is CCCCC/C=C\C/C=C\C/C=C\C/C=C\CCCCCCCCC(O)C(=O)NC(COC1OC(CO)C(O)C(O)C1OC(=O)CCCCCCCC/C=C/C=C/CCCCC)C(O)/C=C/CCCCCCCCCCCCC. The Bertz CT molecular complexity index is 1610. The van der Waals surface area contributed by atoms with Crippen LogP contribution in [0.5, 0.6) is 0 Å². The Morgan fingerprint density at radius 1 is 0.506 bits per heavy atom. The van der Waals surface area contributed by atoms with E-state index in [1.807, 2.05) is 6.08 Å². The lowest BCUT2D eigenvalue weighted by Crippen LogP contribution is -2.61. The fourth-order valence-corrected chi connectivity index (χ4v) is 9.63. The quantitative estimate of drug-likeness (QED) is 0.0149. The van der Waals surface area contributed by atoms with Crippen LogP contribution in [0.3, 0.4) is 0 Å². The number of carbonyl (C=O) groups excluding carboxylic acids is 2. The van der Waals surface area contributed by atoms with E-state index in [9.17, 15) is 35.1 Å². The van der Waals surface area contributed by atoms with Crippen molar-refractivity contribution in [2.75, 3.05) is 13.2 Å². The smallest absolute Gasteiger partial charge is 0.306 e. The van der Waals surface area contributed by atoms with E-state index >= 15 is 0 Å². The first-order valence-corrected chi connectivity index (χ1v) is 32.4. The van der Waals surface area contributed by atoms with Gasteiger partial charge in [-0.15, -0.1) is 0 Å². The number of aliphatic hydroxyl groups is 5. The largest absolute Gasteiger partial charge is 0.454 e. The highest BCUT2D eigenvalue weighted by molar-refractivity contribution is 5.80. The summed E-state index contributed by atoms with van der Waals surface area (Å²) < 4.78 is 17.6. The summed E-state index contributed by atoms with van der Waals surface area (Å²) in [5.74, 6) is -1.22. The Labute approximate surface area is 483 Å². The molecular formula is C68H119NO10. The Hall–Kier alpha value is -3.16. The van der Waals surface area contributed by atoms with Gasteiger partial charge in [0.05, 0.1) is 25.4 Å². The van der Waals surface area contributed by atoms with Crippen LogP contribution in [-0.2, 0) is 23.8 Å². The summed E-state index contributed by atoms with van der Waals surface area (Å²) in [6, 6.07) is -1.04. The Morgan fingerprint density at radius 2 is 0.911 bits per heavy atom. The number of carbonyl (C=O) groups is 2. The molecule has 1 aliphatic heterocycles. The molecule has 0 aromatic carbocycles. The average molecular weight is 1110 g/mol. The molecule has 1 heterocycles. The van der Waals surface area contributed by atoms with Crippen molar-refractivity contribution in [3.8, 4) is 0 Å². The number of aliphatic hydroxyl groups excluding tert-OH is 5. The Morgan fingerprint density at radius 3 is 1.41 bits per heavy atom. The van der Waals surface area contributed by atoms with Crippen molar-refractivity contribution < 1.29 is 49.3 Å². The maximum atomic E-state index is 13.5. The van der Waals surface area contributed by atoms with Gasteiger partial charge in [0.15, 0.2) is 12.4 Å². The first-order valence-electron chi connectivity index (χ1n) is 32.4. The normalized spacial score (nSPS) is 19.4. The number of ether oxygens (including phenoxy) is 3. The van der Waals surface area contributed by atoms with Gasteiger partial charge in [0, 0.05) is 6.42 Å². The zero-order valence-electron chi connectivity index (χ0n) is 50.5. The number of esters is 1. The highest BCUT2D eigenvalue weighted by Crippen LogP contribution is 2.26. The van der Waals surface area contributed by atoms with Gasteiger partial charge in [-0.3, -0.25) is 9.59 Å². The molecule has 1 amide bonds. The van der Waals surface area contributed by atoms with Gasteiger partial charge in [-0.2, -0.15) is 0 Å². The van der Waals surface area contributed by atoms with Gasteiger partial charge in [0.25, 0.3) is 0 Å². The molecule has 1 fully saturated rings. The minimum Gasteiger partial charge on any atom is -0.454 e. The lowest BCUT2D eigenvalue weighted by Gasteiger charge is -2.41. The van der Waals surface area contributed by atoms with Crippen LogP contribution in [0.1, 0.15) is 271 Å². The van der Waals surface area contributed by atoms with Gasteiger partial charge in [0.2, 0.25) is 5.91 Å². The summed E-state index contributed by atoms with van der Waals surface area (Å²) in [4.78, 5) is 26.6. The Balaban J connectivity index is 2.68. The molecule has 0 aromatic heterocycles. The molecule has 1 saturated heterocycles. The number of allylic oxidation sites excluding steroid dienone is 13. The van der Waals surface area contributed by atoms with Crippen LogP contribution in [0.2, 0.25) is 0 Å². The first-order chi connectivity index (χ1) is 38.7. The van der Waals surface area contributed by atoms with E-state index in [0.29, 0.717) is 12.8 Å². The van der Waals surface area contributed by atoms with Gasteiger partial charge in [-0.05, 0) is 96.3 Å². The molecule has 0 saturated carbocycles. The van der Waals surface area contributed by atoms with Crippen molar-refractivity contribution >= 4 is 11.9 Å². The molecule has 6 N–H and O–H groups in total. The van der Waals surface area contributed by atoms with Crippen LogP contribution in [0.15, 0.2) is 85.1 Å². The van der Waals surface area contributed by atoms with Crippen LogP contribution in [0.4, 0.5) is 0 Å². The number of hydrogen-bond donors (Lipinski definition) is 6. The number of hydrogen-bond acceptors (Lipinski definition) is 10. The summed E-state index contributed by atoms with van der Waals surface area (Å²) in [6.45, 7) is 5.72. The number of rotatable bonds is 54. The molecular weight excluding hydrogens is 991 g/mol. The fraction of sp³-hybridized carbons (Fsp3) is 0.765. The molecule has 8 unspecified atom stereocenters. The van der Waals surface area contributed by atoms with Crippen LogP contribution < -0.4 is 5.32 Å². The molecule has 1 aliphatic rings. The molecule has 8 atom stereocenters. The molecule has 11 heteroatoms. The monoisotopic (exact) mass is 1110 g/mol. The first kappa shape index (κ1) is 73.9. The number of unbranched alkanes of at least 4 members (excludes halogenated alkanes) is 29. The van der Waals surface area contributed by atoms with E-state index in [-0.39, 0.29) is 19.4 Å². The van der Waals surface area contributed by atoms with E-state index in [2.05, 4.69) is 99.0 Å². The van der Waals surface area contributed by atoms with Gasteiger partial charge in [-0.1, -0.05) is 254 Å². The third-order valence-corrected chi connectivity index (χ3v) is 14.8. The van der Waals surface area contributed by atoms with Gasteiger partial charge >= 0.3 is 5.97 Å². The zero-order valence-corrected chi connectivity index (χ0v) is 50.5. The predicted molar refractivity (Wildman–Crippen MR) is 329 cm³/mol. The lowest BCUT2D eigenvalue weighted by atomic mass is 9.99. The highest BCUT2D eigenvalue weighted by atomic mass is 16.7. The minimum atomic E-state index is -1.62. The van der Waals surface area contributed by atoms with Gasteiger partial charge < -0.3 is 45.1 Å². The molecule has 79 heavy (non-hydrogen) atoms. The average Bonchev–Trinajstić information content (AvgIpc) is 3.49. The van der Waals surface area contributed by atoms with E-state index < -0.39 is 67.4 Å². The zero-order chi connectivity index (χ0) is 57.5. The summed E-state index contributed by atoms with van der Waals surface area (Å²) >= 11 is 0. The van der Waals surface area contributed by atoms with Crippen molar-refractivity contribution in [3.05, 3.63) is 85.1 Å². The van der Waals surface area contributed by atoms with Gasteiger partial charge in [0.1, 0.15) is 24.4 Å². The molecule has 0 aromatic rings. The van der Waals surface area contributed by atoms with E-state index in [0.717, 1.165) is 122 Å². The lowest BCUT2D eigenvalue weighted by molar-refractivity contribution is -0.305. The van der Waals surface area contributed by atoms with Crippen LogP contribution in [0.25, 0.3) is 0 Å². The van der Waals surface area contributed by atoms with Crippen molar-refractivity contribution in [1.29, 1.82) is 0 Å². The van der Waals surface area contributed by atoms with Crippen molar-refractivity contribution in [2.24, 2.45) is 0 Å². The molecule has 0 radical (unpaired) electrons. The maximum Gasteiger partial charge on any atom is 0.306 e. The van der Waals surface area contributed by atoms with Crippen LogP contribution in [-0.4, -0.2) is 99.6 Å². The standard InChI is InChI=1S/C68H119NO10/c1-4-7-10-13-16-19-22-25-27-28-29-30-31-32-33-35-37-40-43-46-49-52-55-61(72)67(76)69-59(60(71)54-51-48-45-42-39-36-24-21-18-15-12-9-6-3)58-77-68-66(65(75)64(74)62(57-70)78-68)79-63(73)56-53-50-47-44-41-38-34-26-23-20-17-14-11-8-5-2/h16-17,19-20,23,25-27,29-30,32-33,51,54,59-62,64-66,68,70-72,74-75H,4-15,18,21-22,24,28,31,34-50,52-53,55-58H2,1-3H3,(H,69,76)/b19-16-,20-17+,26-23+,27-25-,30-29-,33-32-,54-51+. The third-order valence-electron chi connectivity index (χ3n) is 14.8. The van der Waals surface area contributed by atoms with Gasteiger partial charge in [-0.25, -0.2) is 0 Å². The summed E-state index contributed by atoms with van der Waals surface area (Å²) in [5.41, 5.74) is 0. The molecule has 456 valence electrons. The predicted octanol–water partition coefficient (Wildman–Crippen LogP) is 15.7. The van der Waals surface area contributed by atoms with Crippen molar-refractivity contribution in [1.82, 2.24) is 5.32 Å². The molecule has 0 bridgehead atoms. The maximum absolute atomic E-state index is 13.5. The molecule has 11 nitrogen and oxygen atoms in total. The Kier molecular flexibility index (Phi) is 51.8. The molecule has 0 aliphatic carbocycles. The topological polar surface area (TPSA) is 175 Å². The minimum absolute atomic E-state index is 0.106. The molecule has 0 spiro atoms. The highest BCUT2D eigenvalue weighted by Gasteiger charge is 2.47. The summed E-state index contributed by atoms with van der Waals surface area (Å²) in [5, 5.41) is 57.1. The van der Waals surface area contributed by atoms with E-state index in [4.69, 9.17) is 14.2 Å². The van der Waals surface area contributed by atoms with E-state index in [1.54, 1.807) is 6.08 Å². The van der Waals surface area contributed by atoms with E-state index in [1.165, 1.54) is 103 Å². The third kappa shape index (κ3) is 43.2. The van der Waals surface area contributed by atoms with Crippen molar-refractivity contribution in [3.63, 3.8) is 0 Å². The summed E-state index contributed by atoms with van der Waals surface area (Å²) in [6.07, 6.45) is 61.8. The summed E-state index contributed by atoms with van der Waals surface area (Å²) in [7, 11) is 0. The fourth-order valence-electron chi connectivity index (χ4n) is 9.63.